The van der Waals surface area contributed by atoms with Crippen molar-refractivity contribution < 1.29 is 14.3 Å². The highest BCUT2D eigenvalue weighted by molar-refractivity contribution is 5.92. The zero-order chi connectivity index (χ0) is 13.8. The van der Waals surface area contributed by atoms with Crippen LogP contribution in [0.1, 0.15) is 35.8 Å². The number of nitrogens with zero attached hydrogens (tertiary/aromatic N) is 2. The third kappa shape index (κ3) is 3.31. The molecule has 106 valence electrons. The number of aromatic nitrogens is 1. The highest BCUT2D eigenvalue weighted by Crippen LogP contribution is 2.15. The molecule has 1 fully saturated rings. The third-order valence-electron chi connectivity index (χ3n) is 3.17. The Morgan fingerprint density at radius 2 is 2.37 bits per heavy atom. The molecule has 0 bridgehead atoms. The minimum absolute atomic E-state index is 0.156. The molecule has 2 rings (SSSR count). The van der Waals surface area contributed by atoms with E-state index < -0.39 is 12.1 Å². The van der Waals surface area contributed by atoms with Crippen molar-refractivity contribution in [2.24, 2.45) is 5.73 Å². The van der Waals surface area contributed by atoms with Gasteiger partial charge in [0, 0.05) is 19.6 Å². The van der Waals surface area contributed by atoms with Gasteiger partial charge >= 0.3 is 0 Å². The fourth-order valence-corrected chi connectivity index (χ4v) is 1.96. The fourth-order valence-electron chi connectivity index (χ4n) is 1.96. The van der Waals surface area contributed by atoms with Crippen molar-refractivity contribution in [3.63, 3.8) is 0 Å². The number of nitrogens with one attached hydrogen (secondary N) is 1. The number of aliphatic hydroxyl groups excluding tert-OH is 1. The number of carbonyl (C=O) groups excluding carboxylic acids is 1. The van der Waals surface area contributed by atoms with Crippen LogP contribution in [-0.4, -0.2) is 53.2 Å². The average molecular weight is 268 g/mol. The number of hydrogen-bond donors (Lipinski definition) is 3. The number of hydrogen-bond acceptors (Lipinski definition) is 6. The topological polar surface area (TPSA) is 105 Å². The van der Waals surface area contributed by atoms with Crippen LogP contribution in [0.3, 0.4) is 0 Å². The van der Waals surface area contributed by atoms with Crippen LogP contribution in [0.25, 0.3) is 0 Å². The van der Waals surface area contributed by atoms with Crippen LogP contribution >= 0.6 is 0 Å². The Kier molecular flexibility index (Phi) is 4.52. The minimum Gasteiger partial charge on any atom is -0.446 e. The first kappa shape index (κ1) is 14.0. The van der Waals surface area contributed by atoms with Gasteiger partial charge in [0.05, 0.1) is 6.10 Å². The summed E-state index contributed by atoms with van der Waals surface area (Å²) in [5.41, 5.74) is 5.96. The number of amides is 1. The number of oxazole rings is 1. The second-order valence-electron chi connectivity index (χ2n) is 4.73. The van der Waals surface area contributed by atoms with Crippen molar-refractivity contribution in [1.29, 1.82) is 0 Å². The fraction of sp³-hybridized carbons (Fsp3) is 0.667. The monoisotopic (exact) mass is 268 g/mol. The maximum atomic E-state index is 12.2. The Hall–Kier alpha value is -1.44. The van der Waals surface area contributed by atoms with Crippen LogP contribution in [0, 0.1) is 0 Å². The quantitative estimate of drug-likeness (QED) is 0.682. The van der Waals surface area contributed by atoms with E-state index in [9.17, 15) is 9.90 Å². The summed E-state index contributed by atoms with van der Waals surface area (Å²) in [5, 5.41) is 12.6. The SMILES string of the molecule is CC(O)C(N)c1nc(C(=O)N2CCCNCC2)co1. The molecule has 19 heavy (non-hydrogen) atoms. The van der Waals surface area contributed by atoms with Crippen LogP contribution in [0.4, 0.5) is 0 Å². The molecule has 0 aromatic carbocycles. The minimum atomic E-state index is -0.774. The lowest BCUT2D eigenvalue weighted by atomic mass is 10.2. The van der Waals surface area contributed by atoms with Gasteiger partial charge in [-0.3, -0.25) is 4.79 Å². The predicted molar refractivity (Wildman–Crippen MR) is 68.5 cm³/mol. The lowest BCUT2D eigenvalue weighted by Crippen LogP contribution is -2.34. The average Bonchev–Trinajstić information content (AvgIpc) is 2.72. The van der Waals surface area contributed by atoms with Crippen molar-refractivity contribution in [1.82, 2.24) is 15.2 Å². The molecule has 7 heteroatoms. The summed E-state index contributed by atoms with van der Waals surface area (Å²) in [6.07, 6.45) is 1.45. The Morgan fingerprint density at radius 1 is 1.58 bits per heavy atom. The second kappa shape index (κ2) is 6.14. The van der Waals surface area contributed by atoms with Crippen LogP contribution in [0.5, 0.6) is 0 Å². The van der Waals surface area contributed by atoms with Gasteiger partial charge in [-0.25, -0.2) is 4.98 Å². The van der Waals surface area contributed by atoms with E-state index in [-0.39, 0.29) is 17.5 Å². The molecule has 4 N–H and O–H groups in total. The van der Waals surface area contributed by atoms with E-state index in [1.54, 1.807) is 11.8 Å². The molecule has 1 aromatic rings. The van der Waals surface area contributed by atoms with Gasteiger partial charge in [0.15, 0.2) is 5.69 Å². The number of rotatable bonds is 3. The summed E-state index contributed by atoms with van der Waals surface area (Å²) in [6.45, 7) is 4.61. The summed E-state index contributed by atoms with van der Waals surface area (Å²) in [5.74, 6) is 0.0304. The second-order valence-corrected chi connectivity index (χ2v) is 4.73. The van der Waals surface area contributed by atoms with E-state index >= 15 is 0 Å². The van der Waals surface area contributed by atoms with Crippen molar-refractivity contribution in [3.8, 4) is 0 Å². The summed E-state index contributed by atoms with van der Waals surface area (Å²) in [7, 11) is 0. The smallest absolute Gasteiger partial charge is 0.275 e. The van der Waals surface area contributed by atoms with Crippen molar-refractivity contribution in [2.75, 3.05) is 26.2 Å². The van der Waals surface area contributed by atoms with Gasteiger partial charge in [-0.05, 0) is 19.9 Å². The normalized spacial score (nSPS) is 19.8. The summed E-state index contributed by atoms with van der Waals surface area (Å²) in [6, 6.07) is -0.715. The van der Waals surface area contributed by atoms with E-state index in [4.69, 9.17) is 10.2 Å². The van der Waals surface area contributed by atoms with E-state index in [0.29, 0.717) is 13.1 Å². The van der Waals surface area contributed by atoms with Crippen LogP contribution in [-0.2, 0) is 0 Å². The van der Waals surface area contributed by atoms with E-state index in [2.05, 4.69) is 10.3 Å². The molecular formula is C12H20N4O3. The van der Waals surface area contributed by atoms with E-state index in [1.807, 2.05) is 0 Å². The molecule has 1 aliphatic rings. The molecule has 2 heterocycles. The molecule has 1 aliphatic heterocycles. The third-order valence-corrected chi connectivity index (χ3v) is 3.17. The Bertz CT molecular complexity index is 424. The zero-order valence-electron chi connectivity index (χ0n) is 11.0. The highest BCUT2D eigenvalue weighted by Gasteiger charge is 2.23. The van der Waals surface area contributed by atoms with Gasteiger partial charge in [0.2, 0.25) is 5.89 Å². The first-order valence-corrected chi connectivity index (χ1v) is 6.48. The van der Waals surface area contributed by atoms with Gasteiger partial charge in [-0.1, -0.05) is 0 Å². The highest BCUT2D eigenvalue weighted by atomic mass is 16.3. The standard InChI is InChI=1S/C12H20N4O3/c1-8(17)10(13)11-15-9(7-19-11)12(18)16-5-2-3-14-4-6-16/h7-8,10,14,17H,2-6,13H2,1H3. The van der Waals surface area contributed by atoms with Gasteiger partial charge in [-0.15, -0.1) is 0 Å². The maximum Gasteiger partial charge on any atom is 0.275 e. The Labute approximate surface area is 111 Å². The summed E-state index contributed by atoms with van der Waals surface area (Å²) < 4.78 is 5.17. The van der Waals surface area contributed by atoms with Gasteiger partial charge in [-0.2, -0.15) is 0 Å². The van der Waals surface area contributed by atoms with Crippen LogP contribution in [0.2, 0.25) is 0 Å². The number of aliphatic hydroxyl groups is 1. The van der Waals surface area contributed by atoms with Crippen molar-refractivity contribution in [3.05, 3.63) is 17.8 Å². The molecular weight excluding hydrogens is 248 g/mol. The van der Waals surface area contributed by atoms with Crippen LogP contribution < -0.4 is 11.1 Å². The van der Waals surface area contributed by atoms with Gasteiger partial charge in [0.25, 0.3) is 5.91 Å². The molecule has 0 radical (unpaired) electrons. The van der Waals surface area contributed by atoms with Crippen molar-refractivity contribution >= 4 is 5.91 Å². The lowest BCUT2D eigenvalue weighted by molar-refractivity contribution is 0.0760. The molecule has 2 atom stereocenters. The largest absolute Gasteiger partial charge is 0.446 e. The van der Waals surface area contributed by atoms with Gasteiger partial charge in [0.1, 0.15) is 12.3 Å². The molecule has 1 amide bonds. The zero-order valence-corrected chi connectivity index (χ0v) is 11.0. The number of nitrogens with two attached hydrogens (primary N) is 1. The molecule has 2 unspecified atom stereocenters. The molecule has 0 aliphatic carbocycles. The summed E-state index contributed by atoms with van der Waals surface area (Å²) in [4.78, 5) is 18.1. The van der Waals surface area contributed by atoms with E-state index in [0.717, 1.165) is 19.5 Å². The molecule has 0 spiro atoms. The maximum absolute atomic E-state index is 12.2. The van der Waals surface area contributed by atoms with E-state index in [1.165, 1.54) is 6.26 Å². The first-order valence-electron chi connectivity index (χ1n) is 6.48. The lowest BCUT2D eigenvalue weighted by Gasteiger charge is -2.18. The van der Waals surface area contributed by atoms with Crippen LogP contribution in [0.15, 0.2) is 10.7 Å². The molecule has 1 saturated heterocycles. The molecule has 0 saturated carbocycles. The predicted octanol–water partition coefficient (Wildman–Crippen LogP) is -0.509. The first-order chi connectivity index (χ1) is 9.09. The van der Waals surface area contributed by atoms with Gasteiger partial charge < -0.3 is 25.5 Å². The molecule has 7 nitrogen and oxygen atoms in total. The summed E-state index contributed by atoms with van der Waals surface area (Å²) >= 11 is 0. The number of carbonyl (C=O) groups is 1. The Morgan fingerprint density at radius 3 is 3.11 bits per heavy atom. The molecule has 1 aromatic heterocycles. The van der Waals surface area contributed by atoms with Crippen molar-refractivity contribution in [2.45, 2.75) is 25.5 Å². The Balaban J connectivity index is 2.06.